The second-order valence-electron chi connectivity index (χ2n) is 4.82. The predicted molar refractivity (Wildman–Crippen MR) is 92.2 cm³/mol. The molecule has 0 atom stereocenters. The molecular formula is C15H18BrCl2N3. The van der Waals surface area contributed by atoms with E-state index in [0.717, 1.165) is 46.8 Å². The van der Waals surface area contributed by atoms with Crippen molar-refractivity contribution in [3.63, 3.8) is 0 Å². The topological polar surface area (TPSA) is 29.9 Å². The molecule has 1 N–H and O–H groups in total. The normalized spacial score (nSPS) is 11.1. The molecular weight excluding hydrogens is 373 g/mol. The zero-order valence-electron chi connectivity index (χ0n) is 12.1. The fourth-order valence-corrected chi connectivity index (χ4v) is 3.12. The van der Waals surface area contributed by atoms with E-state index in [1.807, 2.05) is 23.7 Å². The van der Waals surface area contributed by atoms with Crippen molar-refractivity contribution in [3.05, 3.63) is 49.7 Å². The first-order chi connectivity index (χ1) is 10.0. The summed E-state index contributed by atoms with van der Waals surface area (Å²) in [4.78, 5) is 0. The van der Waals surface area contributed by atoms with Crippen LogP contribution in [0.15, 0.2) is 22.7 Å². The van der Waals surface area contributed by atoms with Gasteiger partial charge in [0, 0.05) is 23.1 Å². The molecule has 0 spiro atoms. The average Bonchev–Trinajstić information content (AvgIpc) is 2.72. The van der Waals surface area contributed by atoms with Crippen molar-refractivity contribution in [1.29, 1.82) is 0 Å². The number of aromatic nitrogens is 2. The lowest BCUT2D eigenvalue weighted by molar-refractivity contribution is 0.579. The monoisotopic (exact) mass is 389 g/mol. The van der Waals surface area contributed by atoms with E-state index in [-0.39, 0.29) is 0 Å². The van der Waals surface area contributed by atoms with Gasteiger partial charge in [0.25, 0.3) is 0 Å². The van der Waals surface area contributed by atoms with Crippen LogP contribution in [0.2, 0.25) is 10.0 Å². The zero-order valence-corrected chi connectivity index (χ0v) is 15.2. The molecule has 1 aromatic carbocycles. The Hall–Kier alpha value is -0.550. The van der Waals surface area contributed by atoms with Crippen LogP contribution >= 0.6 is 39.1 Å². The van der Waals surface area contributed by atoms with Gasteiger partial charge in [-0.3, -0.25) is 4.68 Å². The maximum atomic E-state index is 6.17. The van der Waals surface area contributed by atoms with Crippen LogP contribution in [0.1, 0.15) is 23.9 Å². The summed E-state index contributed by atoms with van der Waals surface area (Å²) in [6.07, 6.45) is 0.868. The lowest BCUT2D eigenvalue weighted by Crippen LogP contribution is -2.19. The maximum absolute atomic E-state index is 6.17. The minimum Gasteiger partial charge on any atom is -0.311 e. The molecule has 0 fully saturated rings. The summed E-state index contributed by atoms with van der Waals surface area (Å²) in [5.74, 6) is 0. The number of nitrogens with zero attached hydrogens (tertiary/aromatic N) is 2. The third-order valence-electron chi connectivity index (χ3n) is 3.33. The van der Waals surface area contributed by atoms with Crippen molar-refractivity contribution in [2.45, 2.75) is 33.4 Å². The summed E-state index contributed by atoms with van der Waals surface area (Å²) >= 11 is 15.7. The summed E-state index contributed by atoms with van der Waals surface area (Å²) in [5, 5.41) is 9.31. The minimum atomic E-state index is 0.669. The average molecular weight is 391 g/mol. The van der Waals surface area contributed by atoms with E-state index < -0.39 is 0 Å². The Morgan fingerprint density at radius 2 is 2.10 bits per heavy atom. The predicted octanol–water partition coefficient (Wildman–Crippen LogP) is 4.61. The summed E-state index contributed by atoms with van der Waals surface area (Å²) in [5.41, 5.74) is 3.31. The van der Waals surface area contributed by atoms with E-state index in [2.05, 4.69) is 33.3 Å². The molecule has 0 aliphatic carbocycles. The van der Waals surface area contributed by atoms with Crippen LogP contribution in [0.3, 0.4) is 0 Å². The molecule has 21 heavy (non-hydrogen) atoms. The van der Waals surface area contributed by atoms with E-state index in [9.17, 15) is 0 Å². The lowest BCUT2D eigenvalue weighted by atomic mass is 10.1. The molecule has 6 heteroatoms. The molecule has 0 bridgehead atoms. The highest BCUT2D eigenvalue weighted by Crippen LogP contribution is 2.22. The van der Waals surface area contributed by atoms with Gasteiger partial charge < -0.3 is 5.32 Å². The van der Waals surface area contributed by atoms with E-state index in [4.69, 9.17) is 23.2 Å². The van der Waals surface area contributed by atoms with Gasteiger partial charge in [-0.25, -0.2) is 0 Å². The molecule has 0 amide bonds. The summed E-state index contributed by atoms with van der Waals surface area (Å²) in [6, 6.07) is 5.63. The second kappa shape index (κ2) is 7.63. The number of aryl methyl sites for hydroxylation is 2. The van der Waals surface area contributed by atoms with Gasteiger partial charge in [0.05, 0.1) is 15.9 Å². The molecule has 0 saturated carbocycles. The fourth-order valence-electron chi connectivity index (χ4n) is 2.19. The van der Waals surface area contributed by atoms with Crippen molar-refractivity contribution in [3.8, 4) is 0 Å². The number of rotatable bonds is 6. The molecule has 1 heterocycles. The van der Waals surface area contributed by atoms with Crippen LogP contribution in [0, 0.1) is 6.92 Å². The summed E-state index contributed by atoms with van der Waals surface area (Å²) in [7, 11) is 0. The SMILES string of the molecule is CCn1nc(C)c(Br)c1CNCCc1ccc(Cl)cc1Cl. The number of hydrogen-bond acceptors (Lipinski definition) is 2. The molecule has 0 saturated heterocycles. The third kappa shape index (κ3) is 4.22. The summed E-state index contributed by atoms with van der Waals surface area (Å²) < 4.78 is 3.10. The molecule has 3 nitrogen and oxygen atoms in total. The Morgan fingerprint density at radius 1 is 1.33 bits per heavy atom. The quantitative estimate of drug-likeness (QED) is 0.729. The first-order valence-corrected chi connectivity index (χ1v) is 8.44. The molecule has 114 valence electrons. The second-order valence-corrected chi connectivity index (χ2v) is 6.46. The van der Waals surface area contributed by atoms with Crippen LogP contribution < -0.4 is 5.32 Å². The summed E-state index contributed by atoms with van der Waals surface area (Å²) in [6.45, 7) is 6.60. The standard InChI is InChI=1S/C15H18BrCl2N3/c1-3-21-14(15(16)10(2)20-21)9-19-7-6-11-4-5-12(17)8-13(11)18/h4-5,8,19H,3,6-7,9H2,1-2H3. The van der Waals surface area contributed by atoms with Gasteiger partial charge in [0.1, 0.15) is 0 Å². The molecule has 2 aromatic rings. The van der Waals surface area contributed by atoms with Crippen LogP contribution in [0.4, 0.5) is 0 Å². The van der Waals surface area contributed by atoms with Gasteiger partial charge in [0.15, 0.2) is 0 Å². The van der Waals surface area contributed by atoms with E-state index in [1.54, 1.807) is 6.07 Å². The van der Waals surface area contributed by atoms with Crippen molar-refractivity contribution in [2.75, 3.05) is 6.54 Å². The van der Waals surface area contributed by atoms with Gasteiger partial charge in [-0.2, -0.15) is 5.10 Å². The van der Waals surface area contributed by atoms with E-state index in [0.29, 0.717) is 5.02 Å². The van der Waals surface area contributed by atoms with E-state index in [1.165, 1.54) is 5.69 Å². The van der Waals surface area contributed by atoms with Gasteiger partial charge in [-0.1, -0.05) is 29.3 Å². The lowest BCUT2D eigenvalue weighted by Gasteiger charge is -2.09. The van der Waals surface area contributed by atoms with Gasteiger partial charge in [0.2, 0.25) is 0 Å². The first-order valence-electron chi connectivity index (χ1n) is 6.89. The smallest absolute Gasteiger partial charge is 0.0739 e. The van der Waals surface area contributed by atoms with Crippen molar-refractivity contribution < 1.29 is 0 Å². The molecule has 0 aliphatic rings. The largest absolute Gasteiger partial charge is 0.311 e. The fraction of sp³-hybridized carbons (Fsp3) is 0.400. The number of halogens is 3. The molecule has 2 rings (SSSR count). The maximum Gasteiger partial charge on any atom is 0.0739 e. The molecule has 0 unspecified atom stereocenters. The third-order valence-corrected chi connectivity index (χ3v) is 4.95. The molecule has 0 aliphatic heterocycles. The molecule has 1 aromatic heterocycles. The zero-order chi connectivity index (χ0) is 15.4. The van der Waals surface area contributed by atoms with Crippen LogP contribution in [0.5, 0.6) is 0 Å². The highest BCUT2D eigenvalue weighted by atomic mass is 79.9. The van der Waals surface area contributed by atoms with E-state index >= 15 is 0 Å². The Kier molecular flexibility index (Phi) is 6.11. The highest BCUT2D eigenvalue weighted by molar-refractivity contribution is 9.10. The van der Waals surface area contributed by atoms with Crippen LogP contribution in [-0.4, -0.2) is 16.3 Å². The van der Waals surface area contributed by atoms with Gasteiger partial charge in [-0.05, 0) is 60.4 Å². The number of nitrogens with one attached hydrogen (secondary N) is 1. The Bertz CT molecular complexity index is 626. The first kappa shape index (κ1) is 16.8. The Morgan fingerprint density at radius 3 is 2.76 bits per heavy atom. The van der Waals surface area contributed by atoms with Crippen molar-refractivity contribution in [1.82, 2.24) is 15.1 Å². The van der Waals surface area contributed by atoms with Crippen molar-refractivity contribution in [2.24, 2.45) is 0 Å². The Labute approximate surface area is 143 Å². The van der Waals surface area contributed by atoms with Crippen LogP contribution in [-0.2, 0) is 19.5 Å². The van der Waals surface area contributed by atoms with Gasteiger partial charge >= 0.3 is 0 Å². The number of hydrogen-bond donors (Lipinski definition) is 1. The van der Waals surface area contributed by atoms with Gasteiger partial charge in [-0.15, -0.1) is 0 Å². The van der Waals surface area contributed by atoms with Crippen LogP contribution in [0.25, 0.3) is 0 Å². The van der Waals surface area contributed by atoms with Crippen molar-refractivity contribution >= 4 is 39.1 Å². The molecule has 0 radical (unpaired) electrons. The highest BCUT2D eigenvalue weighted by Gasteiger charge is 2.11. The number of benzene rings is 1. The Balaban J connectivity index is 1.90. The minimum absolute atomic E-state index is 0.669.